The maximum absolute atomic E-state index is 10.4. The molecule has 0 aromatic carbocycles. The Bertz CT molecular complexity index is 500. The molecule has 2 aromatic rings. The van der Waals surface area contributed by atoms with Gasteiger partial charge in [-0.25, -0.2) is 4.98 Å². The maximum atomic E-state index is 10.4. The zero-order chi connectivity index (χ0) is 10.8. The van der Waals surface area contributed by atoms with E-state index in [4.69, 9.17) is 0 Å². The number of fused-ring (bicyclic) bond motifs is 1. The summed E-state index contributed by atoms with van der Waals surface area (Å²) < 4.78 is 2.09. The van der Waals surface area contributed by atoms with Crippen LogP contribution in [0.3, 0.4) is 0 Å². The van der Waals surface area contributed by atoms with Crippen molar-refractivity contribution in [1.82, 2.24) is 9.38 Å². The van der Waals surface area contributed by atoms with Crippen LogP contribution in [0.1, 0.15) is 24.0 Å². The van der Waals surface area contributed by atoms with Gasteiger partial charge in [-0.05, 0) is 24.6 Å². The van der Waals surface area contributed by atoms with Crippen molar-refractivity contribution < 1.29 is 4.79 Å². The highest BCUT2D eigenvalue weighted by molar-refractivity contribution is 5.60. The van der Waals surface area contributed by atoms with E-state index in [1.54, 1.807) is 0 Å². The molecule has 0 unspecified atom stereocenters. The summed E-state index contributed by atoms with van der Waals surface area (Å²) in [4.78, 5) is 14.9. The lowest BCUT2D eigenvalue weighted by atomic mass is 10.2. The van der Waals surface area contributed by atoms with Crippen LogP contribution in [-0.4, -0.2) is 15.7 Å². The van der Waals surface area contributed by atoms with E-state index < -0.39 is 0 Å². The summed E-state index contributed by atoms with van der Waals surface area (Å²) in [7, 11) is 0. The summed E-state index contributed by atoms with van der Waals surface area (Å²) in [6, 6.07) is 4.01. The van der Waals surface area contributed by atoms with E-state index in [1.807, 2.05) is 25.3 Å². The largest absolute Gasteiger partial charge is 0.303 e. The molecule has 0 atom stereocenters. The Balaban J connectivity index is 2.61. The minimum atomic E-state index is 0.475. The van der Waals surface area contributed by atoms with Crippen LogP contribution >= 0.6 is 0 Å². The van der Waals surface area contributed by atoms with Crippen molar-refractivity contribution >= 4 is 11.8 Å². The molecule has 0 radical (unpaired) electrons. The van der Waals surface area contributed by atoms with E-state index in [1.165, 1.54) is 0 Å². The number of pyridine rings is 1. The second-order valence-corrected chi connectivity index (χ2v) is 3.63. The van der Waals surface area contributed by atoms with Crippen molar-refractivity contribution in [2.45, 2.75) is 26.7 Å². The van der Waals surface area contributed by atoms with E-state index in [0.717, 1.165) is 35.3 Å². The Kier molecular flexibility index (Phi) is 2.54. The van der Waals surface area contributed by atoms with Gasteiger partial charge in [0.25, 0.3) is 0 Å². The van der Waals surface area contributed by atoms with Crippen molar-refractivity contribution in [2.75, 3.05) is 0 Å². The Morgan fingerprint density at radius 2 is 2.33 bits per heavy atom. The van der Waals surface area contributed by atoms with Gasteiger partial charge < -0.3 is 9.20 Å². The minimum absolute atomic E-state index is 0.475. The molecule has 2 rings (SSSR count). The first-order valence-corrected chi connectivity index (χ1v) is 5.16. The van der Waals surface area contributed by atoms with Crippen molar-refractivity contribution in [3.05, 3.63) is 35.4 Å². The molecule has 15 heavy (non-hydrogen) atoms. The highest BCUT2D eigenvalue weighted by atomic mass is 16.1. The Morgan fingerprint density at radius 3 is 3.00 bits per heavy atom. The number of aryl methyl sites for hydroxylation is 2. The van der Waals surface area contributed by atoms with Crippen LogP contribution in [0.4, 0.5) is 0 Å². The van der Waals surface area contributed by atoms with Crippen LogP contribution < -0.4 is 0 Å². The third-order valence-corrected chi connectivity index (χ3v) is 2.60. The molecule has 0 aliphatic heterocycles. The normalized spacial score (nSPS) is 10.8. The second-order valence-electron chi connectivity index (χ2n) is 3.63. The van der Waals surface area contributed by atoms with Crippen LogP contribution in [0, 0.1) is 6.92 Å². The Hall–Kier alpha value is -1.64. The lowest BCUT2D eigenvalue weighted by molar-refractivity contribution is -0.107. The van der Waals surface area contributed by atoms with Crippen LogP contribution in [-0.2, 0) is 17.6 Å². The number of carbonyl (C=O) groups is 1. The van der Waals surface area contributed by atoms with E-state index in [0.29, 0.717) is 6.42 Å². The standard InChI is InChI=1S/C12H14N2O/c1-3-12-13-9(2)11-8-10(5-7-15)4-6-14(11)12/h4,6-8H,3,5H2,1-2H3. The third-order valence-electron chi connectivity index (χ3n) is 2.60. The first-order chi connectivity index (χ1) is 7.26. The Labute approximate surface area is 88.8 Å². The summed E-state index contributed by atoms with van der Waals surface area (Å²) in [5, 5.41) is 0. The first-order valence-electron chi connectivity index (χ1n) is 5.16. The third kappa shape index (κ3) is 1.65. The predicted molar refractivity (Wildman–Crippen MR) is 59.1 cm³/mol. The summed E-state index contributed by atoms with van der Waals surface area (Å²) in [6.07, 6.45) is 4.32. The second kappa shape index (κ2) is 3.85. The van der Waals surface area contributed by atoms with E-state index in [-0.39, 0.29) is 0 Å². The van der Waals surface area contributed by atoms with Crippen LogP contribution in [0.25, 0.3) is 5.52 Å². The number of nitrogens with zero attached hydrogens (tertiary/aromatic N) is 2. The summed E-state index contributed by atoms with van der Waals surface area (Å²) in [5.74, 6) is 1.07. The van der Waals surface area contributed by atoms with Gasteiger partial charge in [0.05, 0.1) is 11.2 Å². The van der Waals surface area contributed by atoms with Gasteiger partial charge in [-0.1, -0.05) is 6.92 Å². The van der Waals surface area contributed by atoms with Gasteiger partial charge in [-0.15, -0.1) is 0 Å². The van der Waals surface area contributed by atoms with Gasteiger partial charge in [-0.3, -0.25) is 0 Å². The van der Waals surface area contributed by atoms with Gasteiger partial charge in [0, 0.05) is 19.0 Å². The van der Waals surface area contributed by atoms with Crippen molar-refractivity contribution in [3.8, 4) is 0 Å². The minimum Gasteiger partial charge on any atom is -0.303 e. The number of carbonyl (C=O) groups excluding carboxylic acids is 1. The van der Waals surface area contributed by atoms with Gasteiger partial charge >= 0.3 is 0 Å². The topological polar surface area (TPSA) is 34.4 Å². The molecule has 78 valence electrons. The molecule has 0 fully saturated rings. The number of aldehydes is 1. The molecule has 3 nitrogen and oxygen atoms in total. The predicted octanol–water partition coefficient (Wildman–Crippen LogP) is 1.95. The van der Waals surface area contributed by atoms with E-state index in [2.05, 4.69) is 16.3 Å². The van der Waals surface area contributed by atoms with E-state index >= 15 is 0 Å². The van der Waals surface area contributed by atoms with Gasteiger partial charge in [0.1, 0.15) is 12.1 Å². The lowest BCUT2D eigenvalue weighted by Gasteiger charge is -2.00. The average molecular weight is 202 g/mol. The van der Waals surface area contributed by atoms with Gasteiger partial charge in [-0.2, -0.15) is 0 Å². The fourth-order valence-electron chi connectivity index (χ4n) is 1.82. The monoisotopic (exact) mass is 202 g/mol. The SMILES string of the molecule is CCc1nc(C)c2cc(CC=O)ccn12. The van der Waals surface area contributed by atoms with Crippen molar-refractivity contribution in [3.63, 3.8) is 0 Å². The van der Waals surface area contributed by atoms with Gasteiger partial charge in [0.2, 0.25) is 0 Å². The summed E-state index contributed by atoms with van der Waals surface area (Å²) in [6.45, 7) is 4.09. The first kappa shape index (κ1) is 9.90. The average Bonchev–Trinajstić information content (AvgIpc) is 2.56. The number of hydrogen-bond donors (Lipinski definition) is 0. The molecule has 0 N–H and O–H groups in total. The molecule has 0 saturated carbocycles. The summed E-state index contributed by atoms with van der Waals surface area (Å²) >= 11 is 0. The number of hydrogen-bond acceptors (Lipinski definition) is 2. The highest BCUT2D eigenvalue weighted by Crippen LogP contribution is 2.14. The molecular weight excluding hydrogens is 188 g/mol. The number of aromatic nitrogens is 2. The van der Waals surface area contributed by atoms with E-state index in [9.17, 15) is 4.79 Å². The van der Waals surface area contributed by atoms with Crippen LogP contribution in [0.15, 0.2) is 18.3 Å². The quantitative estimate of drug-likeness (QED) is 0.713. The fourth-order valence-corrected chi connectivity index (χ4v) is 1.82. The highest BCUT2D eigenvalue weighted by Gasteiger charge is 2.06. The molecule has 2 aromatic heterocycles. The van der Waals surface area contributed by atoms with Gasteiger partial charge in [0.15, 0.2) is 0 Å². The lowest BCUT2D eigenvalue weighted by Crippen LogP contribution is -1.93. The van der Waals surface area contributed by atoms with Crippen LogP contribution in [0.2, 0.25) is 0 Å². The molecular formula is C12H14N2O. The number of rotatable bonds is 3. The molecule has 0 spiro atoms. The maximum Gasteiger partial charge on any atom is 0.124 e. The smallest absolute Gasteiger partial charge is 0.124 e. The summed E-state index contributed by atoms with van der Waals surface area (Å²) in [5.41, 5.74) is 3.17. The van der Waals surface area contributed by atoms with Crippen LogP contribution in [0.5, 0.6) is 0 Å². The molecule has 0 aliphatic carbocycles. The zero-order valence-corrected chi connectivity index (χ0v) is 9.03. The van der Waals surface area contributed by atoms with Crippen molar-refractivity contribution in [2.24, 2.45) is 0 Å². The Morgan fingerprint density at radius 1 is 1.53 bits per heavy atom. The molecule has 0 saturated heterocycles. The molecule has 2 heterocycles. The molecule has 0 aliphatic rings. The van der Waals surface area contributed by atoms with Crippen molar-refractivity contribution in [1.29, 1.82) is 0 Å². The molecule has 3 heteroatoms. The zero-order valence-electron chi connectivity index (χ0n) is 9.03. The molecule has 0 bridgehead atoms. The molecule has 0 amide bonds. The number of imidazole rings is 1. The fraction of sp³-hybridized carbons (Fsp3) is 0.333.